The highest BCUT2D eigenvalue weighted by Crippen LogP contribution is 2.00. The van der Waals surface area contributed by atoms with Gasteiger partial charge in [-0.1, -0.05) is 0 Å². The molecule has 0 atom stereocenters. The van der Waals surface area contributed by atoms with E-state index < -0.39 is 0 Å². The smallest absolute Gasteiger partial charge is 0.178 e. The van der Waals surface area contributed by atoms with Crippen LogP contribution in [0, 0.1) is 6.20 Å². The second-order valence-corrected chi connectivity index (χ2v) is 1.84. The average molecular weight is 130 g/mol. The summed E-state index contributed by atoms with van der Waals surface area (Å²) in [5.74, 6) is 0. The number of aromatic nitrogens is 3. The van der Waals surface area contributed by atoms with Crippen LogP contribution >= 0.6 is 0 Å². The van der Waals surface area contributed by atoms with Crippen molar-refractivity contribution in [3.05, 3.63) is 30.7 Å². The van der Waals surface area contributed by atoms with Crippen molar-refractivity contribution in [2.75, 3.05) is 0 Å². The number of fused-ring (bicyclic) bond motifs is 1. The molecule has 0 aliphatic heterocycles. The third kappa shape index (κ3) is 0.719. The zero-order valence-corrected chi connectivity index (χ0v) is 5.15. The predicted molar refractivity (Wildman–Crippen MR) is 36.2 cm³/mol. The largest absolute Gasteiger partial charge is 0.251 e. The standard InChI is InChI=1S/C7H4N3/c1-2-6-7(9-3-1)10-5-4-8-6/h1-2,4-5H. The van der Waals surface area contributed by atoms with Crippen LogP contribution in [0.1, 0.15) is 0 Å². The maximum atomic E-state index is 4.04. The molecule has 0 aliphatic rings. The number of pyridine rings is 1. The van der Waals surface area contributed by atoms with E-state index in [0.29, 0.717) is 5.65 Å². The molecule has 1 radical (unpaired) electrons. The summed E-state index contributed by atoms with van der Waals surface area (Å²) in [6.07, 6.45) is 5.94. The minimum absolute atomic E-state index is 0.644. The van der Waals surface area contributed by atoms with Gasteiger partial charge in [0.2, 0.25) is 0 Å². The van der Waals surface area contributed by atoms with Crippen LogP contribution in [0.15, 0.2) is 24.5 Å². The van der Waals surface area contributed by atoms with Gasteiger partial charge in [-0.05, 0) is 12.1 Å². The Morgan fingerprint density at radius 3 is 3.00 bits per heavy atom. The van der Waals surface area contributed by atoms with Crippen molar-refractivity contribution in [1.29, 1.82) is 0 Å². The molecule has 2 rings (SSSR count). The predicted octanol–water partition coefficient (Wildman–Crippen LogP) is 0.825. The number of rotatable bonds is 0. The second-order valence-electron chi connectivity index (χ2n) is 1.84. The van der Waals surface area contributed by atoms with Gasteiger partial charge in [0.25, 0.3) is 0 Å². The maximum Gasteiger partial charge on any atom is 0.178 e. The van der Waals surface area contributed by atoms with Crippen molar-refractivity contribution in [3.8, 4) is 0 Å². The third-order valence-corrected chi connectivity index (χ3v) is 1.19. The summed E-state index contributed by atoms with van der Waals surface area (Å²) in [5, 5.41) is 0. The highest BCUT2D eigenvalue weighted by atomic mass is 14.9. The summed E-state index contributed by atoms with van der Waals surface area (Å²) in [5.41, 5.74) is 1.45. The number of hydrogen-bond donors (Lipinski definition) is 0. The molecule has 3 heteroatoms. The summed E-state index contributed by atoms with van der Waals surface area (Å²) >= 11 is 0. The fourth-order valence-corrected chi connectivity index (χ4v) is 0.760. The third-order valence-electron chi connectivity index (χ3n) is 1.19. The summed E-state index contributed by atoms with van der Waals surface area (Å²) in [4.78, 5) is 11.9. The van der Waals surface area contributed by atoms with Crippen molar-refractivity contribution in [2.45, 2.75) is 0 Å². The van der Waals surface area contributed by atoms with Crippen LogP contribution in [-0.4, -0.2) is 15.0 Å². The van der Waals surface area contributed by atoms with Crippen LogP contribution < -0.4 is 0 Å². The van der Waals surface area contributed by atoms with Gasteiger partial charge < -0.3 is 0 Å². The summed E-state index contributed by atoms with van der Waals surface area (Å²) < 4.78 is 0. The Balaban J connectivity index is 2.89. The molecular formula is C7H4N3. The molecular weight excluding hydrogens is 126 g/mol. The monoisotopic (exact) mass is 130 g/mol. The molecule has 10 heavy (non-hydrogen) atoms. The lowest BCUT2D eigenvalue weighted by Gasteiger charge is -1.89. The van der Waals surface area contributed by atoms with Crippen molar-refractivity contribution >= 4 is 11.2 Å². The molecule has 0 saturated heterocycles. The van der Waals surface area contributed by atoms with Crippen LogP contribution in [0.4, 0.5) is 0 Å². The van der Waals surface area contributed by atoms with E-state index in [2.05, 4.69) is 21.1 Å². The van der Waals surface area contributed by atoms with E-state index in [-0.39, 0.29) is 0 Å². The average Bonchev–Trinajstić information content (AvgIpc) is 2.05. The Labute approximate surface area is 57.8 Å². The molecule has 0 unspecified atom stereocenters. The Morgan fingerprint density at radius 1 is 1.20 bits per heavy atom. The molecule has 0 saturated carbocycles. The molecule has 0 N–H and O–H groups in total. The Morgan fingerprint density at radius 2 is 2.10 bits per heavy atom. The highest BCUT2D eigenvalue weighted by molar-refractivity contribution is 5.67. The highest BCUT2D eigenvalue weighted by Gasteiger charge is 1.90. The van der Waals surface area contributed by atoms with Crippen molar-refractivity contribution in [3.63, 3.8) is 0 Å². The van der Waals surface area contributed by atoms with Gasteiger partial charge in [0.05, 0.1) is 6.20 Å². The normalized spacial score (nSPS) is 10.0. The lowest BCUT2D eigenvalue weighted by atomic mass is 10.4. The molecule has 47 valence electrons. The first-order valence-corrected chi connectivity index (χ1v) is 2.90. The van der Waals surface area contributed by atoms with Gasteiger partial charge in [0, 0.05) is 12.4 Å². The van der Waals surface area contributed by atoms with E-state index in [1.807, 2.05) is 6.07 Å². The minimum Gasteiger partial charge on any atom is -0.251 e. The van der Waals surface area contributed by atoms with Gasteiger partial charge in [0.1, 0.15) is 5.52 Å². The molecule has 0 aromatic carbocycles. The Hall–Kier alpha value is -1.51. The molecule has 0 fully saturated rings. The van der Waals surface area contributed by atoms with E-state index in [1.165, 1.54) is 0 Å². The fraction of sp³-hybridized carbons (Fsp3) is 0. The van der Waals surface area contributed by atoms with Crippen molar-refractivity contribution < 1.29 is 0 Å². The quantitative estimate of drug-likeness (QED) is 0.530. The van der Waals surface area contributed by atoms with Gasteiger partial charge in [-0.2, -0.15) is 0 Å². The first kappa shape index (κ1) is 5.29. The molecule has 2 aromatic rings. The lowest BCUT2D eigenvalue weighted by molar-refractivity contribution is 1.22. The van der Waals surface area contributed by atoms with Crippen LogP contribution in [0.2, 0.25) is 0 Å². The zero-order valence-electron chi connectivity index (χ0n) is 5.15. The first-order valence-electron chi connectivity index (χ1n) is 2.90. The molecule has 0 aliphatic carbocycles. The van der Waals surface area contributed by atoms with Crippen molar-refractivity contribution in [1.82, 2.24) is 15.0 Å². The van der Waals surface area contributed by atoms with Gasteiger partial charge in [-0.3, -0.25) is 4.98 Å². The fourth-order valence-electron chi connectivity index (χ4n) is 0.760. The molecule has 0 amide bonds. The van der Waals surface area contributed by atoms with Gasteiger partial charge in [0.15, 0.2) is 5.65 Å². The van der Waals surface area contributed by atoms with E-state index in [1.54, 1.807) is 18.5 Å². The van der Waals surface area contributed by atoms with Gasteiger partial charge in [-0.25, -0.2) is 9.97 Å². The Bertz CT molecular complexity index is 280. The molecule has 0 bridgehead atoms. The SMILES string of the molecule is [c]1ccc2nccnc2n1. The molecule has 2 aromatic heterocycles. The van der Waals surface area contributed by atoms with E-state index >= 15 is 0 Å². The van der Waals surface area contributed by atoms with Crippen LogP contribution in [0.5, 0.6) is 0 Å². The van der Waals surface area contributed by atoms with Crippen LogP contribution in [0.3, 0.4) is 0 Å². The topological polar surface area (TPSA) is 38.7 Å². The number of nitrogens with zero attached hydrogens (tertiary/aromatic N) is 3. The molecule has 0 spiro atoms. The first-order chi connectivity index (χ1) is 4.97. The molecule has 2 heterocycles. The summed E-state index contributed by atoms with van der Waals surface area (Å²) in [6, 6.07) is 3.55. The van der Waals surface area contributed by atoms with Crippen LogP contribution in [0.25, 0.3) is 11.2 Å². The van der Waals surface area contributed by atoms with Crippen LogP contribution in [-0.2, 0) is 0 Å². The zero-order chi connectivity index (χ0) is 6.81. The molecule has 3 nitrogen and oxygen atoms in total. The van der Waals surface area contributed by atoms with E-state index in [0.717, 1.165) is 5.52 Å². The lowest BCUT2D eigenvalue weighted by Crippen LogP contribution is -1.83. The van der Waals surface area contributed by atoms with Gasteiger partial charge in [-0.15, -0.1) is 0 Å². The summed E-state index contributed by atoms with van der Waals surface area (Å²) in [6.45, 7) is 0. The van der Waals surface area contributed by atoms with E-state index in [9.17, 15) is 0 Å². The van der Waals surface area contributed by atoms with E-state index in [4.69, 9.17) is 0 Å². The maximum absolute atomic E-state index is 4.04. The summed E-state index contributed by atoms with van der Waals surface area (Å²) in [7, 11) is 0. The number of hydrogen-bond acceptors (Lipinski definition) is 3. The van der Waals surface area contributed by atoms with Crippen molar-refractivity contribution in [2.24, 2.45) is 0 Å². The van der Waals surface area contributed by atoms with Gasteiger partial charge >= 0.3 is 0 Å². The minimum atomic E-state index is 0.644. The second kappa shape index (κ2) is 2.02. The Kier molecular flexibility index (Phi) is 1.07.